The Morgan fingerprint density at radius 2 is 1.94 bits per heavy atom. The minimum atomic E-state index is -0.0232. The summed E-state index contributed by atoms with van der Waals surface area (Å²) in [5.74, 6) is -0.0391. The highest BCUT2D eigenvalue weighted by Gasteiger charge is 2.59. The number of nitrogens with zero attached hydrogens (tertiary/aromatic N) is 1. The van der Waals surface area contributed by atoms with E-state index in [9.17, 15) is 9.59 Å². The second kappa shape index (κ2) is 3.42. The summed E-state index contributed by atoms with van der Waals surface area (Å²) in [6.07, 6.45) is 1.73. The van der Waals surface area contributed by atoms with Gasteiger partial charge in [0.25, 0.3) is 0 Å². The molecule has 1 aromatic carbocycles. The van der Waals surface area contributed by atoms with E-state index in [4.69, 9.17) is 0 Å². The monoisotopic (exact) mass is 242 g/mol. The lowest BCUT2D eigenvalue weighted by Crippen LogP contribution is -2.35. The van der Waals surface area contributed by atoms with E-state index in [1.165, 1.54) is 10.5 Å². The molecule has 1 N–H and O–H groups in total. The van der Waals surface area contributed by atoms with Crippen LogP contribution in [0.25, 0.3) is 0 Å². The Hall–Kier alpha value is -1.68. The van der Waals surface area contributed by atoms with E-state index in [-0.39, 0.29) is 23.7 Å². The molecular formula is C14H14N2O2. The molecule has 0 spiro atoms. The maximum absolute atomic E-state index is 12.1. The molecule has 4 nitrogen and oxygen atoms in total. The highest BCUT2D eigenvalue weighted by Crippen LogP contribution is 2.49. The van der Waals surface area contributed by atoms with E-state index in [1.807, 2.05) is 12.1 Å². The Labute approximate surface area is 105 Å². The van der Waals surface area contributed by atoms with Crippen LogP contribution in [0, 0.1) is 11.8 Å². The average molecular weight is 242 g/mol. The summed E-state index contributed by atoms with van der Waals surface area (Å²) in [4.78, 5) is 25.7. The molecular weight excluding hydrogens is 228 g/mol. The van der Waals surface area contributed by atoms with E-state index >= 15 is 0 Å². The minimum absolute atomic E-state index is 0.00368. The lowest BCUT2D eigenvalue weighted by molar-refractivity contribution is -0.123. The second-order valence-corrected chi connectivity index (χ2v) is 5.30. The smallest absolute Gasteiger partial charge is 0.237 e. The molecule has 1 saturated heterocycles. The van der Waals surface area contributed by atoms with Gasteiger partial charge >= 0.3 is 0 Å². The molecule has 18 heavy (non-hydrogen) atoms. The molecule has 0 bridgehead atoms. The normalized spacial score (nSPS) is 29.2. The van der Waals surface area contributed by atoms with Crippen molar-refractivity contribution in [3.8, 4) is 0 Å². The van der Waals surface area contributed by atoms with Crippen LogP contribution in [-0.2, 0) is 22.6 Å². The Bertz CT molecular complexity index is 547. The molecule has 2 heterocycles. The number of benzene rings is 1. The van der Waals surface area contributed by atoms with Crippen LogP contribution < -0.4 is 10.2 Å². The van der Waals surface area contributed by atoms with Gasteiger partial charge in [-0.15, -0.1) is 0 Å². The third-order valence-corrected chi connectivity index (χ3v) is 4.23. The number of fused-ring (bicyclic) bond motifs is 2. The van der Waals surface area contributed by atoms with Gasteiger partial charge in [-0.2, -0.15) is 0 Å². The predicted molar refractivity (Wildman–Crippen MR) is 65.9 cm³/mol. The Morgan fingerprint density at radius 3 is 2.72 bits per heavy atom. The van der Waals surface area contributed by atoms with Crippen LogP contribution in [0.15, 0.2) is 18.2 Å². The zero-order valence-corrected chi connectivity index (χ0v) is 9.98. The quantitative estimate of drug-likeness (QED) is 0.742. The van der Waals surface area contributed by atoms with Crippen LogP contribution >= 0.6 is 0 Å². The van der Waals surface area contributed by atoms with Gasteiger partial charge in [-0.1, -0.05) is 12.1 Å². The van der Waals surface area contributed by atoms with Gasteiger partial charge in [0.1, 0.15) is 0 Å². The number of imide groups is 1. The van der Waals surface area contributed by atoms with E-state index in [0.29, 0.717) is 0 Å². The summed E-state index contributed by atoms with van der Waals surface area (Å²) in [5, 5.41) is 3.31. The number of carbonyl (C=O) groups excluding carboxylic acids is 2. The van der Waals surface area contributed by atoms with Crippen LogP contribution in [0.3, 0.4) is 0 Å². The van der Waals surface area contributed by atoms with E-state index in [0.717, 1.165) is 37.2 Å². The van der Waals surface area contributed by atoms with Gasteiger partial charge in [0.15, 0.2) is 0 Å². The third-order valence-electron chi connectivity index (χ3n) is 4.23. The van der Waals surface area contributed by atoms with Crippen molar-refractivity contribution in [3.63, 3.8) is 0 Å². The molecule has 2 fully saturated rings. The number of hydrogen-bond acceptors (Lipinski definition) is 3. The van der Waals surface area contributed by atoms with Gasteiger partial charge in [-0.25, -0.2) is 4.90 Å². The van der Waals surface area contributed by atoms with Crippen LogP contribution in [0.5, 0.6) is 0 Å². The molecule has 2 atom stereocenters. The van der Waals surface area contributed by atoms with Gasteiger partial charge < -0.3 is 5.32 Å². The standard InChI is InChI=1S/C14H14N2O2/c17-13-9-6-10(9)14(18)16(13)12-3-1-2-8-4-5-15-7-11(8)12/h1-3,9-10,15H,4-7H2. The van der Waals surface area contributed by atoms with Crippen molar-refractivity contribution in [3.05, 3.63) is 29.3 Å². The zero-order chi connectivity index (χ0) is 12.3. The third kappa shape index (κ3) is 1.24. The van der Waals surface area contributed by atoms with Crippen molar-refractivity contribution in [1.29, 1.82) is 0 Å². The minimum Gasteiger partial charge on any atom is -0.312 e. The Balaban J connectivity index is 1.81. The van der Waals surface area contributed by atoms with Gasteiger partial charge in [0.2, 0.25) is 11.8 Å². The predicted octanol–water partition coefficient (Wildman–Crippen LogP) is 0.842. The molecule has 92 valence electrons. The first-order valence-electron chi connectivity index (χ1n) is 6.46. The van der Waals surface area contributed by atoms with Crippen molar-refractivity contribution in [2.75, 3.05) is 11.4 Å². The fourth-order valence-corrected chi connectivity index (χ4v) is 3.12. The fraction of sp³-hybridized carbons (Fsp3) is 0.429. The second-order valence-electron chi connectivity index (χ2n) is 5.30. The molecule has 4 rings (SSSR count). The number of rotatable bonds is 1. The van der Waals surface area contributed by atoms with Crippen molar-refractivity contribution >= 4 is 17.5 Å². The van der Waals surface area contributed by atoms with Gasteiger partial charge in [0.05, 0.1) is 17.5 Å². The lowest BCUT2D eigenvalue weighted by Gasteiger charge is -2.25. The summed E-state index contributed by atoms with van der Waals surface area (Å²) < 4.78 is 0. The first-order valence-corrected chi connectivity index (χ1v) is 6.46. The van der Waals surface area contributed by atoms with Gasteiger partial charge in [0, 0.05) is 6.54 Å². The molecule has 1 saturated carbocycles. The average Bonchev–Trinajstić information content (AvgIpc) is 3.15. The van der Waals surface area contributed by atoms with Crippen molar-refractivity contribution < 1.29 is 9.59 Å². The summed E-state index contributed by atoms with van der Waals surface area (Å²) >= 11 is 0. The Morgan fingerprint density at radius 1 is 1.17 bits per heavy atom. The van der Waals surface area contributed by atoms with E-state index in [1.54, 1.807) is 0 Å². The molecule has 2 amide bonds. The number of piperidine rings is 1. The van der Waals surface area contributed by atoms with Crippen LogP contribution in [0.1, 0.15) is 17.5 Å². The Kier molecular flexibility index (Phi) is 1.95. The lowest BCUT2D eigenvalue weighted by atomic mass is 9.98. The molecule has 1 aromatic rings. The summed E-state index contributed by atoms with van der Waals surface area (Å²) in [5.41, 5.74) is 3.18. The molecule has 3 aliphatic rings. The van der Waals surface area contributed by atoms with Crippen molar-refractivity contribution in [2.24, 2.45) is 11.8 Å². The molecule has 2 aliphatic heterocycles. The maximum Gasteiger partial charge on any atom is 0.237 e. The summed E-state index contributed by atoms with van der Waals surface area (Å²) in [6.45, 7) is 1.71. The number of nitrogens with one attached hydrogen (secondary N) is 1. The molecule has 0 aromatic heterocycles. The van der Waals surface area contributed by atoms with Crippen LogP contribution in [0.2, 0.25) is 0 Å². The zero-order valence-electron chi connectivity index (χ0n) is 9.98. The topological polar surface area (TPSA) is 49.4 Å². The number of anilines is 1. The van der Waals surface area contributed by atoms with Gasteiger partial charge in [-0.05, 0) is 36.6 Å². The molecule has 1 aliphatic carbocycles. The van der Waals surface area contributed by atoms with Gasteiger partial charge in [-0.3, -0.25) is 9.59 Å². The number of carbonyl (C=O) groups is 2. The van der Waals surface area contributed by atoms with Crippen LogP contribution in [0.4, 0.5) is 5.69 Å². The SMILES string of the molecule is O=C1C2CC2C(=O)N1c1cccc2c1CNCC2. The van der Waals surface area contributed by atoms with Crippen LogP contribution in [-0.4, -0.2) is 18.4 Å². The largest absolute Gasteiger partial charge is 0.312 e. The first kappa shape index (κ1) is 10.3. The molecule has 2 unspecified atom stereocenters. The highest BCUT2D eigenvalue weighted by molar-refractivity contribution is 6.25. The first-order chi connectivity index (χ1) is 8.77. The summed E-state index contributed by atoms with van der Waals surface area (Å²) in [7, 11) is 0. The van der Waals surface area contributed by atoms with E-state index < -0.39 is 0 Å². The van der Waals surface area contributed by atoms with E-state index in [2.05, 4.69) is 11.4 Å². The maximum atomic E-state index is 12.1. The summed E-state index contributed by atoms with van der Waals surface area (Å²) in [6, 6.07) is 5.93. The highest BCUT2D eigenvalue weighted by atomic mass is 16.2. The van der Waals surface area contributed by atoms with Crippen molar-refractivity contribution in [1.82, 2.24) is 5.32 Å². The molecule has 0 radical (unpaired) electrons. The molecule has 4 heteroatoms. The fourth-order valence-electron chi connectivity index (χ4n) is 3.12. The number of hydrogen-bond donors (Lipinski definition) is 1. The number of amides is 2. The van der Waals surface area contributed by atoms with Crippen molar-refractivity contribution in [2.45, 2.75) is 19.4 Å².